The van der Waals surface area contributed by atoms with Gasteiger partial charge in [-0.15, -0.1) is 0 Å². The van der Waals surface area contributed by atoms with Crippen LogP contribution in [0.3, 0.4) is 0 Å². The summed E-state index contributed by atoms with van der Waals surface area (Å²) < 4.78 is 22.0. The van der Waals surface area contributed by atoms with Crippen LogP contribution in [0.5, 0.6) is 17.2 Å². The van der Waals surface area contributed by atoms with E-state index in [1.165, 1.54) is 7.11 Å². The van der Waals surface area contributed by atoms with E-state index < -0.39 is 23.5 Å². The number of fused-ring (bicyclic) bond motifs is 1. The molecule has 2 bridgehead atoms. The van der Waals surface area contributed by atoms with Crippen LogP contribution in [0, 0.1) is 11.8 Å². The number of methoxy groups -OCH3 is 3. The number of carbonyl (C=O) groups excluding carboxylic acids is 2. The summed E-state index contributed by atoms with van der Waals surface area (Å²) in [4.78, 5) is 28.4. The molecule has 0 unspecified atom stereocenters. The van der Waals surface area contributed by atoms with Crippen molar-refractivity contribution in [1.82, 2.24) is 0 Å². The van der Waals surface area contributed by atoms with Crippen LogP contribution in [0.1, 0.15) is 0 Å². The number of nitrogens with one attached hydrogen (secondary N) is 1. The van der Waals surface area contributed by atoms with Gasteiger partial charge in [0.1, 0.15) is 11.4 Å². The Kier molecular flexibility index (Phi) is 4.82. The van der Waals surface area contributed by atoms with Gasteiger partial charge in [-0.05, 0) is 36.4 Å². The van der Waals surface area contributed by atoms with Crippen LogP contribution in [-0.4, -0.2) is 51.4 Å². The summed E-state index contributed by atoms with van der Waals surface area (Å²) >= 11 is 0. The average Bonchev–Trinajstić information content (AvgIpc) is 3.47. The Balaban J connectivity index is 1.39. The molecule has 32 heavy (non-hydrogen) atoms. The van der Waals surface area contributed by atoms with Crippen molar-refractivity contribution in [3.05, 3.63) is 54.6 Å². The third-order valence-electron chi connectivity index (χ3n) is 6.44. The summed E-state index contributed by atoms with van der Waals surface area (Å²) in [6, 6.07) is 12.4. The van der Waals surface area contributed by atoms with Gasteiger partial charge in [-0.2, -0.15) is 0 Å². The van der Waals surface area contributed by atoms with E-state index in [9.17, 15) is 9.59 Å². The fourth-order valence-electron chi connectivity index (χ4n) is 4.92. The molecule has 4 atom stereocenters. The SMILES string of the molecule is COc1ccc(N2C[C@@]34C=C[C@@H](O3)[C@H](C(=O)Nc3ccc(OC)c(OC)c3)[C@H]4C2=O)cc1. The van der Waals surface area contributed by atoms with Gasteiger partial charge in [0, 0.05) is 17.4 Å². The molecular weight excluding hydrogens is 412 g/mol. The fraction of sp³-hybridized carbons (Fsp3) is 0.333. The average molecular weight is 436 g/mol. The van der Waals surface area contributed by atoms with Crippen LogP contribution in [0.25, 0.3) is 0 Å². The van der Waals surface area contributed by atoms with Crippen molar-refractivity contribution in [2.45, 2.75) is 11.7 Å². The first-order valence-electron chi connectivity index (χ1n) is 10.3. The lowest BCUT2D eigenvalue weighted by Crippen LogP contribution is -2.41. The van der Waals surface area contributed by atoms with Crippen LogP contribution >= 0.6 is 0 Å². The second-order valence-corrected chi connectivity index (χ2v) is 8.08. The number of anilines is 2. The van der Waals surface area contributed by atoms with Crippen LogP contribution < -0.4 is 24.4 Å². The number of hydrogen-bond donors (Lipinski definition) is 1. The van der Waals surface area contributed by atoms with Crippen LogP contribution in [0.4, 0.5) is 11.4 Å². The lowest BCUT2D eigenvalue weighted by Gasteiger charge is -2.23. The maximum absolute atomic E-state index is 13.4. The van der Waals surface area contributed by atoms with E-state index in [0.29, 0.717) is 29.5 Å². The maximum atomic E-state index is 13.4. The first-order valence-corrected chi connectivity index (χ1v) is 10.3. The predicted molar refractivity (Wildman–Crippen MR) is 117 cm³/mol. The highest BCUT2D eigenvalue weighted by atomic mass is 16.5. The van der Waals surface area contributed by atoms with Crippen molar-refractivity contribution in [3.8, 4) is 17.2 Å². The topological polar surface area (TPSA) is 86.3 Å². The van der Waals surface area contributed by atoms with E-state index in [4.69, 9.17) is 18.9 Å². The third-order valence-corrected chi connectivity index (χ3v) is 6.44. The molecule has 2 saturated heterocycles. The zero-order chi connectivity index (χ0) is 22.5. The van der Waals surface area contributed by atoms with Gasteiger partial charge >= 0.3 is 0 Å². The molecule has 8 heteroatoms. The lowest BCUT2D eigenvalue weighted by atomic mass is 9.77. The van der Waals surface area contributed by atoms with Gasteiger partial charge in [0.05, 0.1) is 45.8 Å². The monoisotopic (exact) mass is 436 g/mol. The molecular formula is C24H24N2O6. The van der Waals surface area contributed by atoms with Crippen molar-refractivity contribution < 1.29 is 28.5 Å². The predicted octanol–water partition coefficient (Wildman–Crippen LogP) is 2.64. The van der Waals surface area contributed by atoms with E-state index >= 15 is 0 Å². The molecule has 3 aliphatic rings. The Morgan fingerprint density at radius 1 is 1.06 bits per heavy atom. The zero-order valence-corrected chi connectivity index (χ0v) is 18.0. The Morgan fingerprint density at radius 3 is 2.50 bits per heavy atom. The molecule has 0 aliphatic carbocycles. The van der Waals surface area contributed by atoms with Gasteiger partial charge in [0.15, 0.2) is 11.5 Å². The summed E-state index contributed by atoms with van der Waals surface area (Å²) in [5.41, 5.74) is 0.520. The van der Waals surface area contributed by atoms with E-state index in [0.717, 1.165) is 5.69 Å². The normalized spacial score (nSPS) is 27.4. The second kappa shape index (κ2) is 7.56. The fourth-order valence-corrected chi connectivity index (χ4v) is 4.92. The molecule has 1 N–H and O–H groups in total. The Hall–Kier alpha value is -3.52. The zero-order valence-electron chi connectivity index (χ0n) is 18.0. The summed E-state index contributed by atoms with van der Waals surface area (Å²) in [5, 5.41) is 2.92. The van der Waals surface area contributed by atoms with Crippen molar-refractivity contribution in [1.29, 1.82) is 0 Å². The largest absolute Gasteiger partial charge is 0.497 e. The van der Waals surface area contributed by atoms with Crippen LogP contribution in [-0.2, 0) is 14.3 Å². The second-order valence-electron chi connectivity index (χ2n) is 8.08. The van der Waals surface area contributed by atoms with Crippen molar-refractivity contribution in [2.75, 3.05) is 38.1 Å². The van der Waals surface area contributed by atoms with Crippen LogP contribution in [0.15, 0.2) is 54.6 Å². The highest BCUT2D eigenvalue weighted by Gasteiger charge is 2.67. The summed E-state index contributed by atoms with van der Waals surface area (Å²) in [6.07, 6.45) is 3.39. The quantitative estimate of drug-likeness (QED) is 0.701. The van der Waals surface area contributed by atoms with E-state index in [2.05, 4.69) is 5.32 Å². The number of nitrogens with zero attached hydrogens (tertiary/aromatic N) is 1. The molecule has 166 valence electrons. The van der Waals surface area contributed by atoms with Gasteiger partial charge in [-0.25, -0.2) is 0 Å². The van der Waals surface area contributed by atoms with Gasteiger partial charge in [0.2, 0.25) is 11.8 Å². The molecule has 5 rings (SSSR count). The molecule has 2 amide bonds. The standard InChI is InChI=1S/C24H24N2O6/c1-29-16-7-5-15(6-8-16)26-13-24-11-10-18(32-24)20(21(24)23(26)28)22(27)25-14-4-9-17(30-2)19(12-14)31-3/h4-12,18,20-21H,13H2,1-3H3,(H,25,27)/t18-,20+,21+,24-/m1/s1. The Labute approximate surface area is 185 Å². The first kappa shape index (κ1) is 20.4. The van der Waals surface area contributed by atoms with Crippen LogP contribution in [0.2, 0.25) is 0 Å². The first-order chi connectivity index (χ1) is 15.5. The Bertz CT molecular complexity index is 1100. The van der Waals surface area contributed by atoms with E-state index in [1.807, 2.05) is 36.4 Å². The molecule has 2 aromatic rings. The molecule has 2 aromatic carbocycles. The van der Waals surface area contributed by atoms with Gasteiger partial charge in [-0.3, -0.25) is 9.59 Å². The van der Waals surface area contributed by atoms with Gasteiger partial charge in [0.25, 0.3) is 0 Å². The number of rotatable bonds is 6. The van der Waals surface area contributed by atoms with Crippen molar-refractivity contribution >= 4 is 23.2 Å². The number of ether oxygens (including phenoxy) is 4. The van der Waals surface area contributed by atoms with E-state index in [-0.39, 0.29) is 11.8 Å². The summed E-state index contributed by atoms with van der Waals surface area (Å²) in [7, 11) is 4.68. The smallest absolute Gasteiger partial charge is 0.234 e. The number of hydrogen-bond acceptors (Lipinski definition) is 6. The third kappa shape index (κ3) is 3.02. The van der Waals surface area contributed by atoms with Crippen molar-refractivity contribution in [3.63, 3.8) is 0 Å². The Morgan fingerprint density at radius 2 is 1.81 bits per heavy atom. The summed E-state index contributed by atoms with van der Waals surface area (Å²) in [5.74, 6) is 0.203. The molecule has 2 fully saturated rings. The minimum atomic E-state index is -0.790. The highest BCUT2D eigenvalue weighted by Crippen LogP contribution is 2.53. The molecule has 8 nitrogen and oxygen atoms in total. The van der Waals surface area contributed by atoms with Gasteiger partial charge < -0.3 is 29.2 Å². The van der Waals surface area contributed by atoms with Gasteiger partial charge in [-0.1, -0.05) is 12.2 Å². The molecule has 3 heterocycles. The molecule has 3 aliphatic heterocycles. The van der Waals surface area contributed by atoms with E-state index in [1.54, 1.807) is 37.3 Å². The maximum Gasteiger partial charge on any atom is 0.234 e. The van der Waals surface area contributed by atoms with Crippen molar-refractivity contribution in [2.24, 2.45) is 11.8 Å². The molecule has 1 spiro atoms. The highest BCUT2D eigenvalue weighted by molar-refractivity contribution is 6.05. The lowest BCUT2D eigenvalue weighted by molar-refractivity contribution is -0.128. The minimum absolute atomic E-state index is 0.116. The number of amides is 2. The number of carbonyl (C=O) groups is 2. The minimum Gasteiger partial charge on any atom is -0.497 e. The molecule has 0 saturated carbocycles. The number of benzene rings is 2. The summed E-state index contributed by atoms with van der Waals surface area (Å²) in [6.45, 7) is 0.371. The molecule has 0 radical (unpaired) electrons. The molecule has 0 aromatic heterocycles.